The van der Waals surface area contributed by atoms with Gasteiger partial charge in [-0.25, -0.2) is 0 Å². The summed E-state index contributed by atoms with van der Waals surface area (Å²) in [5, 5.41) is 42.4. The lowest BCUT2D eigenvalue weighted by Gasteiger charge is -2.27. The molecular weight excluding hydrogens is 604 g/mol. The molecule has 250 valence electrons. The van der Waals surface area contributed by atoms with E-state index in [2.05, 4.69) is 0 Å². The second kappa shape index (κ2) is 14.0. The molecule has 2 saturated heterocycles. The zero-order chi connectivity index (χ0) is 33.1. The van der Waals surface area contributed by atoms with Crippen molar-refractivity contribution in [1.29, 1.82) is 0 Å². The van der Waals surface area contributed by atoms with Crippen LogP contribution in [0.3, 0.4) is 0 Å². The normalized spacial score (nSPS) is 21.7. The summed E-state index contributed by atoms with van der Waals surface area (Å²) < 4.78 is 51.2. The highest BCUT2D eigenvalue weighted by molar-refractivity contribution is 5.57. The molecule has 0 bridgehead atoms. The van der Waals surface area contributed by atoms with Gasteiger partial charge in [-0.3, -0.25) is 0 Å². The molecular formula is C33H40O13. The van der Waals surface area contributed by atoms with Crippen molar-refractivity contribution >= 4 is 0 Å². The zero-order valence-corrected chi connectivity index (χ0v) is 26.5. The third-order valence-electron chi connectivity index (χ3n) is 8.58. The van der Waals surface area contributed by atoms with Crippen molar-refractivity contribution < 1.29 is 63.1 Å². The van der Waals surface area contributed by atoms with Gasteiger partial charge in [0.05, 0.1) is 74.7 Å². The summed E-state index contributed by atoms with van der Waals surface area (Å²) >= 11 is 0. The van der Waals surface area contributed by atoms with E-state index in [1.807, 2.05) is 0 Å². The highest BCUT2D eigenvalue weighted by atomic mass is 16.6. The Morgan fingerprint density at radius 3 is 1.57 bits per heavy atom. The molecule has 3 aromatic carbocycles. The molecule has 0 aliphatic carbocycles. The van der Waals surface area contributed by atoms with Gasteiger partial charge in [-0.15, -0.1) is 0 Å². The van der Waals surface area contributed by atoms with Crippen molar-refractivity contribution in [2.24, 2.45) is 11.8 Å². The minimum atomic E-state index is -1.42. The van der Waals surface area contributed by atoms with E-state index >= 15 is 0 Å². The molecule has 0 aromatic heterocycles. The van der Waals surface area contributed by atoms with Crippen molar-refractivity contribution in [3.05, 3.63) is 53.1 Å². The Morgan fingerprint density at radius 1 is 0.652 bits per heavy atom. The van der Waals surface area contributed by atoms with Gasteiger partial charge < -0.3 is 63.1 Å². The van der Waals surface area contributed by atoms with Gasteiger partial charge in [0.2, 0.25) is 17.2 Å². The first-order chi connectivity index (χ1) is 22.2. The Balaban J connectivity index is 1.41. The van der Waals surface area contributed by atoms with Crippen molar-refractivity contribution in [1.82, 2.24) is 0 Å². The van der Waals surface area contributed by atoms with Crippen LogP contribution in [0, 0.1) is 11.8 Å². The van der Waals surface area contributed by atoms with E-state index in [9.17, 15) is 20.4 Å². The van der Waals surface area contributed by atoms with Crippen LogP contribution < -0.4 is 33.2 Å². The van der Waals surface area contributed by atoms with Crippen LogP contribution >= 0.6 is 0 Å². The molecule has 13 heteroatoms. The van der Waals surface area contributed by atoms with Crippen LogP contribution in [0.15, 0.2) is 36.4 Å². The average molecular weight is 645 g/mol. The summed E-state index contributed by atoms with van der Waals surface area (Å²) in [5.74, 6) is 1.06. The number of phenols is 2. The molecule has 2 fully saturated rings. The number of aliphatic hydroxyl groups is 2. The van der Waals surface area contributed by atoms with Crippen LogP contribution in [0.25, 0.3) is 0 Å². The summed E-state index contributed by atoms with van der Waals surface area (Å²) in [6, 6.07) is 10.0. The van der Waals surface area contributed by atoms with Gasteiger partial charge in [0.1, 0.15) is 6.10 Å². The number of ether oxygens (including phenoxy) is 9. The number of hydrogen-bond acceptors (Lipinski definition) is 13. The second-order valence-electron chi connectivity index (χ2n) is 10.9. The molecule has 0 spiro atoms. The maximum absolute atomic E-state index is 11.2. The molecule has 5 rings (SSSR count). The quantitative estimate of drug-likeness (QED) is 0.213. The topological polar surface area (TPSA) is 164 Å². The highest BCUT2D eigenvalue weighted by Crippen LogP contribution is 2.54. The third kappa shape index (κ3) is 5.86. The lowest BCUT2D eigenvalue weighted by molar-refractivity contribution is -0.00305. The van der Waals surface area contributed by atoms with Gasteiger partial charge in [-0.1, -0.05) is 0 Å². The minimum Gasteiger partial charge on any atom is -0.502 e. The van der Waals surface area contributed by atoms with Crippen LogP contribution in [-0.2, 0) is 9.47 Å². The Kier molecular flexibility index (Phi) is 10.1. The molecule has 0 saturated carbocycles. The fourth-order valence-electron chi connectivity index (χ4n) is 6.23. The molecule has 46 heavy (non-hydrogen) atoms. The van der Waals surface area contributed by atoms with E-state index in [0.29, 0.717) is 24.7 Å². The molecule has 2 aliphatic rings. The number of aliphatic hydroxyl groups excluding tert-OH is 2. The predicted octanol–water partition coefficient (Wildman–Crippen LogP) is 3.70. The smallest absolute Gasteiger partial charge is 0.204 e. The molecule has 0 radical (unpaired) electrons. The molecule has 2 heterocycles. The van der Waals surface area contributed by atoms with Crippen molar-refractivity contribution in [3.8, 4) is 51.7 Å². The Bertz CT molecular complexity index is 1480. The van der Waals surface area contributed by atoms with Crippen LogP contribution in [0.1, 0.15) is 35.0 Å². The summed E-state index contributed by atoms with van der Waals surface area (Å²) in [6.45, 7) is 0.250. The number of methoxy groups -OCH3 is 6. The number of hydrogen-bond donors (Lipinski definition) is 4. The molecule has 0 unspecified atom stereocenters. The largest absolute Gasteiger partial charge is 0.502 e. The fraction of sp³-hybridized carbons (Fsp3) is 0.455. The van der Waals surface area contributed by atoms with Crippen molar-refractivity contribution in [2.75, 3.05) is 62.5 Å². The first kappa shape index (κ1) is 33.1. The first-order valence-electron chi connectivity index (χ1n) is 14.6. The minimum absolute atomic E-state index is 0.00156. The van der Waals surface area contributed by atoms with Gasteiger partial charge >= 0.3 is 0 Å². The van der Waals surface area contributed by atoms with Gasteiger partial charge in [-0.2, -0.15) is 0 Å². The molecule has 6 atom stereocenters. The monoisotopic (exact) mass is 644 g/mol. The van der Waals surface area contributed by atoms with Crippen LogP contribution in [0.5, 0.6) is 51.7 Å². The number of phenolic OH excluding ortho intramolecular Hbond substituents is 2. The lowest BCUT2D eigenvalue weighted by Crippen LogP contribution is -2.30. The summed E-state index contributed by atoms with van der Waals surface area (Å²) in [4.78, 5) is 0. The molecule has 0 amide bonds. The van der Waals surface area contributed by atoms with Gasteiger partial charge in [-0.05, 0) is 47.5 Å². The van der Waals surface area contributed by atoms with E-state index in [0.717, 1.165) is 11.1 Å². The Hall–Kier alpha value is -4.30. The number of rotatable bonds is 13. The highest BCUT2D eigenvalue weighted by Gasteiger charge is 2.49. The zero-order valence-electron chi connectivity index (χ0n) is 26.5. The number of benzene rings is 3. The lowest BCUT2D eigenvalue weighted by atomic mass is 9.84. The maximum Gasteiger partial charge on any atom is 0.204 e. The van der Waals surface area contributed by atoms with Crippen LogP contribution in [0.4, 0.5) is 0 Å². The predicted molar refractivity (Wildman–Crippen MR) is 163 cm³/mol. The SMILES string of the molecule is COc1cc([C@@H]2OC[C@@H]3[C@H]2CO[C@H]3c2cc(OC)c(O[C@@H](CO)[C@H](O)c3ccc(OC)c(O)c3OC)c(OC)c2)cc(OC)c1O. The van der Waals surface area contributed by atoms with E-state index in [4.69, 9.17) is 42.6 Å². The summed E-state index contributed by atoms with van der Waals surface area (Å²) in [7, 11) is 8.63. The molecule has 2 aliphatic heterocycles. The number of fused-ring (bicyclic) bond motifs is 1. The van der Waals surface area contributed by atoms with Gasteiger partial charge in [0, 0.05) is 17.4 Å². The summed E-state index contributed by atoms with van der Waals surface area (Å²) in [5.41, 5.74) is 1.75. The van der Waals surface area contributed by atoms with E-state index < -0.39 is 18.8 Å². The van der Waals surface area contributed by atoms with E-state index in [1.165, 1.54) is 54.8 Å². The van der Waals surface area contributed by atoms with E-state index in [1.54, 1.807) is 24.3 Å². The molecule has 3 aromatic rings. The van der Waals surface area contributed by atoms with Crippen LogP contribution in [0.2, 0.25) is 0 Å². The van der Waals surface area contributed by atoms with Gasteiger partial charge in [0.15, 0.2) is 40.6 Å². The second-order valence-corrected chi connectivity index (χ2v) is 10.9. The van der Waals surface area contributed by atoms with Crippen molar-refractivity contribution in [2.45, 2.75) is 24.4 Å². The summed E-state index contributed by atoms with van der Waals surface area (Å²) in [6.07, 6.45) is -3.30. The third-order valence-corrected chi connectivity index (χ3v) is 8.58. The molecule has 13 nitrogen and oxygen atoms in total. The maximum atomic E-state index is 11.2. The van der Waals surface area contributed by atoms with Crippen LogP contribution in [-0.4, -0.2) is 89.0 Å². The first-order valence-corrected chi connectivity index (χ1v) is 14.6. The average Bonchev–Trinajstić information content (AvgIpc) is 3.69. The van der Waals surface area contributed by atoms with Crippen molar-refractivity contribution in [3.63, 3.8) is 0 Å². The van der Waals surface area contributed by atoms with E-state index in [-0.39, 0.29) is 69.9 Å². The number of aromatic hydroxyl groups is 2. The molecule has 4 N–H and O–H groups in total. The van der Waals surface area contributed by atoms with Gasteiger partial charge in [0.25, 0.3) is 0 Å². The fourth-order valence-corrected chi connectivity index (χ4v) is 6.23. The Morgan fingerprint density at radius 2 is 1.13 bits per heavy atom. The standard InChI is InChI=1S/C33H40O13/c1-38-21-8-7-18(32(43-6)29(21)37)27(35)26(13-34)46-33-24(41-4)11-17(12-25(33)42-5)31-20-15-44-30(19(20)14-45-31)16-9-22(39-2)28(36)23(10-16)40-3/h7-12,19-20,26-27,30-31,34-37H,13-15H2,1-6H3/t19-,20-,26+,27-,30+,31+/m1/s1. The Labute approximate surface area is 266 Å².